The number of hydrogen-bond acceptors (Lipinski definition) is 3. The van der Waals surface area contributed by atoms with E-state index in [2.05, 4.69) is 0 Å². The molecule has 16 heavy (non-hydrogen) atoms. The highest BCUT2D eigenvalue weighted by molar-refractivity contribution is 5.87. The van der Waals surface area contributed by atoms with E-state index in [0.717, 1.165) is 25.9 Å². The molecule has 2 aliphatic rings. The fourth-order valence-electron chi connectivity index (χ4n) is 2.54. The average molecular weight is 225 g/mol. The van der Waals surface area contributed by atoms with E-state index in [1.54, 1.807) is 0 Å². The third-order valence-electron chi connectivity index (χ3n) is 3.55. The molecule has 90 valence electrons. The van der Waals surface area contributed by atoms with Gasteiger partial charge < -0.3 is 9.64 Å². The zero-order valence-corrected chi connectivity index (χ0v) is 9.99. The highest BCUT2D eigenvalue weighted by Gasteiger charge is 2.47. The SMILES string of the molecule is CC1(C)OC(=O)CC1C(=O)N1CCCCC1. The van der Waals surface area contributed by atoms with E-state index in [1.807, 2.05) is 18.7 Å². The molecule has 2 rings (SSSR count). The first-order valence-electron chi connectivity index (χ1n) is 6.01. The summed E-state index contributed by atoms with van der Waals surface area (Å²) in [6.45, 7) is 5.31. The first kappa shape index (κ1) is 11.4. The summed E-state index contributed by atoms with van der Waals surface area (Å²) in [5.74, 6) is -0.450. The molecule has 1 unspecified atom stereocenters. The summed E-state index contributed by atoms with van der Waals surface area (Å²) in [7, 11) is 0. The maximum atomic E-state index is 12.3. The maximum Gasteiger partial charge on any atom is 0.307 e. The van der Waals surface area contributed by atoms with Crippen molar-refractivity contribution in [1.29, 1.82) is 0 Å². The number of piperidine rings is 1. The molecular formula is C12H19NO3. The third-order valence-corrected chi connectivity index (χ3v) is 3.55. The van der Waals surface area contributed by atoms with Gasteiger partial charge in [0.25, 0.3) is 0 Å². The van der Waals surface area contributed by atoms with Crippen LogP contribution in [0.25, 0.3) is 0 Å². The van der Waals surface area contributed by atoms with Gasteiger partial charge in [-0.3, -0.25) is 9.59 Å². The number of rotatable bonds is 1. The number of esters is 1. The molecule has 0 aromatic rings. The summed E-state index contributed by atoms with van der Waals surface area (Å²) >= 11 is 0. The largest absolute Gasteiger partial charge is 0.459 e. The number of amides is 1. The van der Waals surface area contributed by atoms with Gasteiger partial charge in [0.05, 0.1) is 12.3 Å². The summed E-state index contributed by atoms with van der Waals surface area (Å²) < 4.78 is 5.19. The number of hydrogen-bond donors (Lipinski definition) is 0. The second-order valence-corrected chi connectivity index (χ2v) is 5.22. The van der Waals surface area contributed by atoms with Crippen LogP contribution in [0.1, 0.15) is 39.5 Å². The van der Waals surface area contributed by atoms with Gasteiger partial charge in [0, 0.05) is 13.1 Å². The molecule has 0 N–H and O–H groups in total. The molecule has 2 fully saturated rings. The Morgan fingerprint density at radius 2 is 1.94 bits per heavy atom. The van der Waals surface area contributed by atoms with Gasteiger partial charge in [-0.2, -0.15) is 0 Å². The smallest absolute Gasteiger partial charge is 0.307 e. The molecule has 0 saturated carbocycles. The Bertz CT molecular complexity index is 305. The molecule has 0 aromatic heterocycles. The van der Waals surface area contributed by atoms with Crippen molar-refractivity contribution in [2.24, 2.45) is 5.92 Å². The molecule has 0 radical (unpaired) electrons. The Hall–Kier alpha value is -1.06. The predicted molar refractivity (Wildman–Crippen MR) is 58.7 cm³/mol. The van der Waals surface area contributed by atoms with Crippen molar-refractivity contribution in [2.45, 2.75) is 45.1 Å². The lowest BCUT2D eigenvalue weighted by Gasteiger charge is -2.32. The van der Waals surface area contributed by atoms with Gasteiger partial charge in [-0.05, 0) is 33.1 Å². The molecule has 4 heteroatoms. The van der Waals surface area contributed by atoms with Gasteiger partial charge in [-0.1, -0.05) is 0 Å². The lowest BCUT2D eigenvalue weighted by atomic mass is 9.89. The van der Waals surface area contributed by atoms with Crippen molar-refractivity contribution in [3.63, 3.8) is 0 Å². The van der Waals surface area contributed by atoms with Crippen LogP contribution in [-0.2, 0) is 14.3 Å². The average Bonchev–Trinajstić information content (AvgIpc) is 2.52. The third kappa shape index (κ3) is 2.06. The van der Waals surface area contributed by atoms with E-state index in [-0.39, 0.29) is 24.2 Å². The van der Waals surface area contributed by atoms with E-state index >= 15 is 0 Å². The Morgan fingerprint density at radius 3 is 2.44 bits per heavy atom. The van der Waals surface area contributed by atoms with Crippen LogP contribution in [0.5, 0.6) is 0 Å². The summed E-state index contributed by atoms with van der Waals surface area (Å²) in [5.41, 5.74) is -0.633. The van der Waals surface area contributed by atoms with E-state index in [9.17, 15) is 9.59 Å². The minimum Gasteiger partial charge on any atom is -0.459 e. The Balaban J connectivity index is 2.06. The zero-order chi connectivity index (χ0) is 11.8. The van der Waals surface area contributed by atoms with Gasteiger partial charge in [0.2, 0.25) is 5.91 Å². The minimum atomic E-state index is -0.633. The fraction of sp³-hybridized carbons (Fsp3) is 0.833. The zero-order valence-electron chi connectivity index (χ0n) is 9.99. The first-order valence-corrected chi connectivity index (χ1v) is 6.01. The fourth-order valence-corrected chi connectivity index (χ4v) is 2.54. The lowest BCUT2D eigenvalue weighted by molar-refractivity contribution is -0.149. The van der Waals surface area contributed by atoms with Crippen LogP contribution in [0.15, 0.2) is 0 Å². The van der Waals surface area contributed by atoms with Gasteiger partial charge in [0.1, 0.15) is 5.60 Å². The summed E-state index contributed by atoms with van der Waals surface area (Å²) in [4.78, 5) is 25.4. The van der Waals surface area contributed by atoms with E-state index in [0.29, 0.717) is 0 Å². The van der Waals surface area contributed by atoms with Crippen molar-refractivity contribution < 1.29 is 14.3 Å². The van der Waals surface area contributed by atoms with Crippen LogP contribution < -0.4 is 0 Å². The Morgan fingerprint density at radius 1 is 1.31 bits per heavy atom. The molecular weight excluding hydrogens is 206 g/mol. The van der Waals surface area contributed by atoms with Gasteiger partial charge in [-0.25, -0.2) is 0 Å². The topological polar surface area (TPSA) is 46.6 Å². The normalized spacial score (nSPS) is 29.0. The standard InChI is InChI=1S/C12H19NO3/c1-12(2)9(8-10(14)16-12)11(15)13-6-4-3-5-7-13/h9H,3-8H2,1-2H3. The van der Waals surface area contributed by atoms with E-state index in [4.69, 9.17) is 4.74 Å². The quantitative estimate of drug-likeness (QED) is 0.633. The highest BCUT2D eigenvalue weighted by Crippen LogP contribution is 2.34. The van der Waals surface area contributed by atoms with Crippen molar-refractivity contribution in [3.8, 4) is 0 Å². The van der Waals surface area contributed by atoms with Crippen molar-refractivity contribution >= 4 is 11.9 Å². The van der Waals surface area contributed by atoms with Crippen LogP contribution in [-0.4, -0.2) is 35.5 Å². The van der Waals surface area contributed by atoms with E-state index < -0.39 is 5.60 Å². The van der Waals surface area contributed by atoms with Crippen LogP contribution in [0.2, 0.25) is 0 Å². The number of ether oxygens (including phenoxy) is 1. The molecule has 0 bridgehead atoms. The van der Waals surface area contributed by atoms with Crippen molar-refractivity contribution in [2.75, 3.05) is 13.1 Å². The second kappa shape index (κ2) is 4.07. The molecule has 0 aromatic carbocycles. The predicted octanol–water partition coefficient (Wildman–Crippen LogP) is 1.34. The lowest BCUT2D eigenvalue weighted by Crippen LogP contribution is -2.45. The molecule has 2 aliphatic heterocycles. The van der Waals surface area contributed by atoms with E-state index in [1.165, 1.54) is 6.42 Å². The van der Waals surface area contributed by atoms with Gasteiger partial charge in [-0.15, -0.1) is 0 Å². The highest BCUT2D eigenvalue weighted by atomic mass is 16.6. The number of nitrogens with zero attached hydrogens (tertiary/aromatic N) is 1. The summed E-state index contributed by atoms with van der Waals surface area (Å²) in [6, 6.07) is 0. The molecule has 4 nitrogen and oxygen atoms in total. The minimum absolute atomic E-state index is 0.0931. The van der Waals surface area contributed by atoms with Crippen molar-refractivity contribution in [3.05, 3.63) is 0 Å². The molecule has 2 heterocycles. The number of likely N-dealkylation sites (tertiary alicyclic amines) is 1. The molecule has 2 saturated heterocycles. The molecule has 0 aliphatic carbocycles. The molecule has 1 amide bonds. The monoisotopic (exact) mass is 225 g/mol. The van der Waals surface area contributed by atoms with Crippen LogP contribution >= 0.6 is 0 Å². The Kier molecular flexibility index (Phi) is 2.91. The van der Waals surface area contributed by atoms with Gasteiger partial charge in [0.15, 0.2) is 0 Å². The molecule has 1 atom stereocenters. The summed E-state index contributed by atoms with van der Waals surface area (Å²) in [5, 5.41) is 0. The number of cyclic esters (lactones) is 1. The maximum absolute atomic E-state index is 12.3. The van der Waals surface area contributed by atoms with Crippen LogP contribution in [0.3, 0.4) is 0 Å². The second-order valence-electron chi connectivity index (χ2n) is 5.22. The van der Waals surface area contributed by atoms with Crippen LogP contribution in [0, 0.1) is 5.92 Å². The first-order chi connectivity index (χ1) is 7.50. The number of carbonyl (C=O) groups excluding carboxylic acids is 2. The number of carbonyl (C=O) groups is 2. The van der Waals surface area contributed by atoms with Crippen molar-refractivity contribution in [1.82, 2.24) is 4.90 Å². The van der Waals surface area contributed by atoms with Crippen LogP contribution in [0.4, 0.5) is 0 Å². The van der Waals surface area contributed by atoms with Gasteiger partial charge >= 0.3 is 5.97 Å². The Labute approximate surface area is 95.9 Å². The molecule has 0 spiro atoms. The summed E-state index contributed by atoms with van der Waals surface area (Å²) in [6.07, 6.45) is 3.59.